The molecule has 1 N–H and O–H groups in total. The van der Waals surface area contributed by atoms with Crippen molar-refractivity contribution in [3.63, 3.8) is 0 Å². The Morgan fingerprint density at radius 2 is 1.84 bits per heavy atom. The van der Waals surface area contributed by atoms with Crippen LogP contribution in [0.15, 0.2) is 36.8 Å². The molecule has 1 saturated carbocycles. The van der Waals surface area contributed by atoms with Gasteiger partial charge in [-0.2, -0.15) is 0 Å². The van der Waals surface area contributed by atoms with Crippen LogP contribution in [-0.2, 0) is 10.0 Å². The molecule has 2 fully saturated rings. The van der Waals surface area contributed by atoms with E-state index < -0.39 is 16.2 Å². The highest BCUT2D eigenvalue weighted by Gasteiger charge is 2.36. The maximum absolute atomic E-state index is 13.6. The van der Waals surface area contributed by atoms with Gasteiger partial charge in [0.25, 0.3) is 0 Å². The third-order valence-corrected chi connectivity index (χ3v) is 7.79. The lowest BCUT2D eigenvalue weighted by atomic mass is 10.0. The lowest BCUT2D eigenvalue weighted by Gasteiger charge is -2.30. The number of ether oxygens (including phenoxy) is 1. The zero-order valence-corrected chi connectivity index (χ0v) is 18.5. The van der Waals surface area contributed by atoms with Gasteiger partial charge in [-0.25, -0.2) is 27.8 Å². The van der Waals surface area contributed by atoms with Crippen LogP contribution in [0.2, 0.25) is 0 Å². The highest BCUT2D eigenvalue weighted by molar-refractivity contribution is 7.93. The lowest BCUT2D eigenvalue weighted by Crippen LogP contribution is -2.35. The number of aromatic nitrogens is 3. The van der Waals surface area contributed by atoms with E-state index in [1.165, 1.54) is 13.4 Å². The van der Waals surface area contributed by atoms with Gasteiger partial charge in [0.2, 0.25) is 15.9 Å². The first kappa shape index (κ1) is 20.9. The van der Waals surface area contributed by atoms with Gasteiger partial charge in [0.05, 0.1) is 17.9 Å². The second-order valence-corrected chi connectivity index (χ2v) is 10.2. The zero-order chi connectivity index (χ0) is 22.3. The number of alkyl halides is 1. The Bertz CT molecular complexity index is 1260. The van der Waals surface area contributed by atoms with Gasteiger partial charge < -0.3 is 9.64 Å². The fourth-order valence-corrected chi connectivity index (χ4v) is 5.37. The standard InChI is InChI=1S/C22H24FN5O3S/c1-31-22-20(27-32(29,30)17-3-4-17)11-15(12-24-22)14-2-5-19-18(10-14)21(26-13-25-19)28-8-6-16(23)7-9-28/h2,5,10-13,16-17,27H,3-4,6-9H2,1H3. The Balaban J connectivity index is 1.53. The molecule has 0 bridgehead atoms. The van der Waals surface area contributed by atoms with Gasteiger partial charge in [-0.15, -0.1) is 0 Å². The summed E-state index contributed by atoms with van der Waals surface area (Å²) >= 11 is 0. The van der Waals surface area contributed by atoms with Gasteiger partial charge in [0.15, 0.2) is 0 Å². The zero-order valence-electron chi connectivity index (χ0n) is 17.7. The van der Waals surface area contributed by atoms with Crippen LogP contribution in [0, 0.1) is 0 Å². The van der Waals surface area contributed by atoms with Crippen LogP contribution in [-0.4, -0.2) is 55.0 Å². The molecule has 32 heavy (non-hydrogen) atoms. The maximum Gasteiger partial charge on any atom is 0.238 e. The second kappa shape index (κ2) is 8.16. The average Bonchev–Trinajstić information content (AvgIpc) is 3.65. The normalized spacial score (nSPS) is 17.5. The van der Waals surface area contributed by atoms with E-state index in [1.807, 2.05) is 18.2 Å². The van der Waals surface area contributed by atoms with Gasteiger partial charge in [-0.3, -0.25) is 4.72 Å². The third kappa shape index (κ3) is 4.06. The molecular formula is C22H24FN5O3S. The first-order valence-electron chi connectivity index (χ1n) is 10.6. The number of sulfonamides is 1. The van der Waals surface area contributed by atoms with E-state index in [4.69, 9.17) is 4.74 Å². The number of hydrogen-bond acceptors (Lipinski definition) is 7. The topological polar surface area (TPSA) is 97.3 Å². The van der Waals surface area contributed by atoms with Crippen molar-refractivity contribution in [3.8, 4) is 17.0 Å². The van der Waals surface area contributed by atoms with Crippen LogP contribution >= 0.6 is 0 Å². The molecule has 8 nitrogen and oxygen atoms in total. The summed E-state index contributed by atoms with van der Waals surface area (Å²) in [4.78, 5) is 15.2. The molecule has 3 aromatic rings. The molecule has 1 aromatic carbocycles. The van der Waals surface area contributed by atoms with Crippen molar-refractivity contribution >= 4 is 32.4 Å². The molecule has 2 aliphatic rings. The molecule has 0 unspecified atom stereocenters. The van der Waals surface area contributed by atoms with Gasteiger partial charge in [-0.05, 0) is 49.4 Å². The summed E-state index contributed by atoms with van der Waals surface area (Å²) in [6, 6.07) is 7.51. The summed E-state index contributed by atoms with van der Waals surface area (Å²) < 4.78 is 46.4. The van der Waals surface area contributed by atoms with E-state index in [-0.39, 0.29) is 11.1 Å². The number of pyridine rings is 1. The fraction of sp³-hybridized carbons (Fsp3) is 0.409. The number of piperidine rings is 1. The van der Waals surface area contributed by atoms with E-state index in [2.05, 4.69) is 24.6 Å². The molecule has 2 aromatic heterocycles. The van der Waals surface area contributed by atoms with Crippen molar-refractivity contribution in [2.24, 2.45) is 0 Å². The molecule has 0 radical (unpaired) electrons. The van der Waals surface area contributed by atoms with Gasteiger partial charge in [0, 0.05) is 30.2 Å². The number of nitrogens with one attached hydrogen (secondary N) is 1. The number of rotatable bonds is 6. The van der Waals surface area contributed by atoms with E-state index in [9.17, 15) is 12.8 Å². The lowest BCUT2D eigenvalue weighted by molar-refractivity contribution is 0.277. The summed E-state index contributed by atoms with van der Waals surface area (Å²) in [7, 11) is -2.00. The number of hydrogen-bond donors (Lipinski definition) is 1. The highest BCUT2D eigenvalue weighted by atomic mass is 32.2. The molecule has 1 aliphatic carbocycles. The van der Waals surface area contributed by atoms with Crippen LogP contribution in [0.5, 0.6) is 5.88 Å². The molecular weight excluding hydrogens is 433 g/mol. The van der Waals surface area contributed by atoms with Crippen molar-refractivity contribution < 1.29 is 17.5 Å². The summed E-state index contributed by atoms with van der Waals surface area (Å²) in [6.07, 6.45) is 4.70. The van der Waals surface area contributed by atoms with Crippen LogP contribution in [0.4, 0.5) is 15.9 Å². The quantitative estimate of drug-likeness (QED) is 0.605. The second-order valence-electron chi connectivity index (χ2n) is 8.22. The van der Waals surface area contributed by atoms with Crippen molar-refractivity contribution in [2.45, 2.75) is 37.1 Å². The summed E-state index contributed by atoms with van der Waals surface area (Å²) in [6.45, 7) is 1.21. The third-order valence-electron chi connectivity index (χ3n) is 5.93. The van der Waals surface area contributed by atoms with E-state index in [0.717, 1.165) is 27.8 Å². The van der Waals surface area contributed by atoms with Crippen LogP contribution in [0.25, 0.3) is 22.0 Å². The highest BCUT2D eigenvalue weighted by Crippen LogP contribution is 2.35. The minimum absolute atomic E-state index is 0.219. The van der Waals surface area contributed by atoms with E-state index in [1.54, 1.807) is 12.3 Å². The number of halogens is 1. The maximum atomic E-state index is 13.6. The summed E-state index contributed by atoms with van der Waals surface area (Å²) in [5.74, 6) is 0.997. The SMILES string of the molecule is COc1ncc(-c2ccc3ncnc(N4CCC(F)CC4)c3c2)cc1NS(=O)(=O)C1CC1. The smallest absolute Gasteiger partial charge is 0.238 e. The van der Waals surface area contributed by atoms with Gasteiger partial charge in [-0.1, -0.05) is 6.07 Å². The molecule has 10 heteroatoms. The minimum atomic E-state index is -3.46. The number of anilines is 2. The number of nitrogens with zero attached hydrogens (tertiary/aromatic N) is 4. The Hall–Kier alpha value is -3.01. The number of benzene rings is 1. The number of methoxy groups -OCH3 is 1. The first-order chi connectivity index (χ1) is 15.4. The predicted molar refractivity (Wildman–Crippen MR) is 121 cm³/mol. The van der Waals surface area contributed by atoms with E-state index in [0.29, 0.717) is 44.5 Å². The van der Waals surface area contributed by atoms with Crippen molar-refractivity contribution in [2.75, 3.05) is 29.8 Å². The summed E-state index contributed by atoms with van der Waals surface area (Å²) in [5, 5.41) is 0.503. The van der Waals surface area contributed by atoms with Crippen molar-refractivity contribution in [1.29, 1.82) is 0 Å². The van der Waals surface area contributed by atoms with Crippen molar-refractivity contribution in [3.05, 3.63) is 36.8 Å². The van der Waals surface area contributed by atoms with Crippen molar-refractivity contribution in [1.82, 2.24) is 15.0 Å². The molecule has 5 rings (SSSR count). The number of fused-ring (bicyclic) bond motifs is 1. The minimum Gasteiger partial charge on any atom is -0.480 e. The fourth-order valence-electron chi connectivity index (χ4n) is 4.00. The Labute approximate surface area is 185 Å². The van der Waals surface area contributed by atoms with Crippen LogP contribution < -0.4 is 14.4 Å². The van der Waals surface area contributed by atoms with E-state index >= 15 is 0 Å². The Morgan fingerprint density at radius 1 is 1.06 bits per heavy atom. The predicted octanol–water partition coefficient (Wildman–Crippen LogP) is 3.54. The van der Waals surface area contributed by atoms with Gasteiger partial charge in [0.1, 0.15) is 24.0 Å². The summed E-state index contributed by atoms with van der Waals surface area (Å²) in [5.41, 5.74) is 2.68. The van der Waals surface area contributed by atoms with Gasteiger partial charge >= 0.3 is 0 Å². The molecule has 1 aliphatic heterocycles. The van der Waals surface area contributed by atoms with Crippen LogP contribution in [0.1, 0.15) is 25.7 Å². The Kier molecular flexibility index (Phi) is 5.32. The molecule has 1 saturated heterocycles. The molecule has 0 atom stereocenters. The molecule has 168 valence electrons. The monoisotopic (exact) mass is 457 g/mol. The molecule has 0 spiro atoms. The largest absolute Gasteiger partial charge is 0.480 e. The molecule has 3 heterocycles. The molecule has 0 amide bonds. The Morgan fingerprint density at radius 3 is 2.56 bits per heavy atom. The first-order valence-corrected chi connectivity index (χ1v) is 12.2. The van der Waals surface area contributed by atoms with Crippen LogP contribution in [0.3, 0.4) is 0 Å². The average molecular weight is 458 g/mol.